The maximum Gasteiger partial charge on any atom is 0.263 e. The first kappa shape index (κ1) is 14.9. The molecule has 0 unspecified atom stereocenters. The lowest BCUT2D eigenvalue weighted by Gasteiger charge is -2.23. The Bertz CT molecular complexity index is 752. The summed E-state index contributed by atoms with van der Waals surface area (Å²) in [7, 11) is 1.62. The molecule has 3 heterocycles. The normalized spacial score (nSPS) is 21.9. The van der Waals surface area contributed by atoms with Gasteiger partial charge in [-0.05, 0) is 50.3 Å². The molecular formula is C17H22N4OS. The van der Waals surface area contributed by atoms with Crippen molar-refractivity contribution in [2.45, 2.75) is 31.7 Å². The third-order valence-corrected chi connectivity index (χ3v) is 6.06. The Kier molecular flexibility index (Phi) is 3.73. The average molecular weight is 330 g/mol. The molecule has 23 heavy (non-hydrogen) atoms. The Hall–Kier alpha value is -1.66. The summed E-state index contributed by atoms with van der Waals surface area (Å²) in [5.41, 5.74) is 7.79. The number of thiophene rings is 1. The van der Waals surface area contributed by atoms with Crippen molar-refractivity contribution in [2.24, 2.45) is 5.92 Å². The first-order valence-corrected chi connectivity index (χ1v) is 9.14. The van der Waals surface area contributed by atoms with Crippen LogP contribution >= 0.6 is 11.3 Å². The number of aromatic nitrogens is 1. The number of likely N-dealkylation sites (tertiary alicyclic amines) is 1. The van der Waals surface area contributed by atoms with Crippen LogP contribution in [-0.4, -0.2) is 35.9 Å². The van der Waals surface area contributed by atoms with E-state index in [2.05, 4.69) is 16.3 Å². The maximum atomic E-state index is 11.9. The molecular weight excluding hydrogens is 308 g/mol. The highest BCUT2D eigenvalue weighted by Crippen LogP contribution is 2.39. The Morgan fingerprint density at radius 1 is 1.43 bits per heavy atom. The lowest BCUT2D eigenvalue weighted by Crippen LogP contribution is -2.26. The molecule has 2 aromatic heterocycles. The number of nitrogens with one attached hydrogen (secondary N) is 1. The second kappa shape index (κ2) is 5.76. The van der Waals surface area contributed by atoms with Crippen LogP contribution in [0.2, 0.25) is 0 Å². The summed E-state index contributed by atoms with van der Waals surface area (Å²) in [4.78, 5) is 20.8. The fraction of sp³-hybridized carbons (Fsp3) is 0.529. The number of nitrogens with two attached hydrogens (primary N) is 1. The van der Waals surface area contributed by atoms with Gasteiger partial charge in [0.15, 0.2) is 0 Å². The van der Waals surface area contributed by atoms with Gasteiger partial charge in [-0.1, -0.05) is 0 Å². The molecule has 2 aliphatic rings. The smallest absolute Gasteiger partial charge is 0.263 e. The third kappa shape index (κ3) is 2.70. The van der Waals surface area contributed by atoms with Gasteiger partial charge < -0.3 is 11.1 Å². The predicted octanol–water partition coefficient (Wildman–Crippen LogP) is 2.79. The number of rotatable bonds is 4. The first-order chi connectivity index (χ1) is 11.2. The predicted molar refractivity (Wildman–Crippen MR) is 93.7 cm³/mol. The zero-order valence-corrected chi connectivity index (χ0v) is 14.2. The van der Waals surface area contributed by atoms with Crippen molar-refractivity contribution in [1.29, 1.82) is 0 Å². The van der Waals surface area contributed by atoms with E-state index in [-0.39, 0.29) is 5.91 Å². The zero-order chi connectivity index (χ0) is 16.0. The van der Waals surface area contributed by atoms with Gasteiger partial charge in [0.1, 0.15) is 9.71 Å². The third-order valence-electron chi connectivity index (χ3n) is 4.94. The highest BCUT2D eigenvalue weighted by molar-refractivity contribution is 7.21. The quantitative estimate of drug-likeness (QED) is 0.904. The summed E-state index contributed by atoms with van der Waals surface area (Å²) in [6.07, 6.45) is 5.18. The standard InChI is InChI=1S/C17H22N4OS/c1-19-16(22)15-14(18)11-6-7-12(20-17(11)23-15)13-3-2-8-21(13)9-10-4-5-10/h6-7,10,13H,2-5,8-9,18H2,1H3,(H,19,22)/t13-/m0/s1. The molecule has 1 saturated heterocycles. The lowest BCUT2D eigenvalue weighted by molar-refractivity contribution is 0.0968. The molecule has 1 atom stereocenters. The van der Waals surface area contributed by atoms with Crippen LogP contribution in [0.1, 0.15) is 47.1 Å². The van der Waals surface area contributed by atoms with E-state index in [0.29, 0.717) is 16.6 Å². The number of fused-ring (bicyclic) bond motifs is 1. The van der Waals surface area contributed by atoms with Crippen LogP contribution in [0.5, 0.6) is 0 Å². The number of nitrogens with zero attached hydrogens (tertiary/aromatic N) is 2. The minimum absolute atomic E-state index is 0.136. The molecule has 2 fully saturated rings. The largest absolute Gasteiger partial charge is 0.397 e. The Balaban J connectivity index is 1.66. The molecule has 6 heteroatoms. The molecule has 5 nitrogen and oxygen atoms in total. The molecule has 0 aromatic carbocycles. The summed E-state index contributed by atoms with van der Waals surface area (Å²) in [6.45, 7) is 2.39. The van der Waals surface area contributed by atoms with Crippen LogP contribution in [0.15, 0.2) is 12.1 Å². The van der Waals surface area contributed by atoms with Crippen molar-refractivity contribution in [3.8, 4) is 0 Å². The van der Waals surface area contributed by atoms with Crippen molar-refractivity contribution in [3.05, 3.63) is 22.7 Å². The number of carbonyl (C=O) groups is 1. The second-order valence-corrected chi connectivity index (χ2v) is 7.61. The maximum absolute atomic E-state index is 11.9. The molecule has 1 saturated carbocycles. The minimum Gasteiger partial charge on any atom is -0.397 e. The number of amides is 1. The number of nitrogen functional groups attached to an aromatic ring is 1. The van der Waals surface area contributed by atoms with Crippen LogP contribution < -0.4 is 11.1 Å². The van der Waals surface area contributed by atoms with Gasteiger partial charge in [-0.2, -0.15) is 0 Å². The van der Waals surface area contributed by atoms with Crippen LogP contribution in [0.25, 0.3) is 10.2 Å². The van der Waals surface area contributed by atoms with Crippen LogP contribution in [0.4, 0.5) is 5.69 Å². The van der Waals surface area contributed by atoms with Gasteiger partial charge in [-0.15, -0.1) is 11.3 Å². The van der Waals surface area contributed by atoms with Crippen LogP contribution in [0.3, 0.4) is 0 Å². The molecule has 0 spiro atoms. The topological polar surface area (TPSA) is 71.2 Å². The Labute approximate surface area is 139 Å². The first-order valence-electron chi connectivity index (χ1n) is 8.32. The molecule has 3 N–H and O–H groups in total. The van der Waals surface area contributed by atoms with Crippen molar-refractivity contribution < 1.29 is 4.79 Å². The van der Waals surface area contributed by atoms with E-state index in [4.69, 9.17) is 10.7 Å². The van der Waals surface area contributed by atoms with E-state index < -0.39 is 0 Å². The molecule has 0 bridgehead atoms. The Morgan fingerprint density at radius 2 is 2.26 bits per heavy atom. The number of hydrogen-bond donors (Lipinski definition) is 2. The SMILES string of the molecule is CNC(=O)c1sc2nc([C@@H]3CCCN3CC3CC3)ccc2c1N. The van der Waals surface area contributed by atoms with E-state index in [9.17, 15) is 4.79 Å². The van der Waals surface area contributed by atoms with Crippen molar-refractivity contribution >= 4 is 33.1 Å². The summed E-state index contributed by atoms with van der Waals surface area (Å²) in [5, 5.41) is 3.54. The van der Waals surface area contributed by atoms with E-state index in [1.807, 2.05) is 6.07 Å². The molecule has 0 radical (unpaired) electrons. The highest BCUT2D eigenvalue weighted by atomic mass is 32.1. The van der Waals surface area contributed by atoms with Gasteiger partial charge in [-0.25, -0.2) is 4.98 Å². The summed E-state index contributed by atoms with van der Waals surface area (Å²) < 4.78 is 0. The number of pyridine rings is 1. The average Bonchev–Trinajstić information content (AvgIpc) is 3.15. The molecule has 4 rings (SSSR count). The molecule has 1 amide bonds. The van der Waals surface area contributed by atoms with Crippen molar-refractivity contribution in [2.75, 3.05) is 25.9 Å². The van der Waals surface area contributed by atoms with Gasteiger partial charge in [-0.3, -0.25) is 9.69 Å². The molecule has 2 aromatic rings. The summed E-state index contributed by atoms with van der Waals surface area (Å²) in [5.74, 6) is 0.764. The van der Waals surface area contributed by atoms with Gasteiger partial charge in [0, 0.05) is 19.0 Å². The fourth-order valence-electron chi connectivity index (χ4n) is 3.49. The monoisotopic (exact) mass is 330 g/mol. The molecule has 1 aliphatic carbocycles. The Morgan fingerprint density at radius 3 is 3.00 bits per heavy atom. The summed E-state index contributed by atoms with van der Waals surface area (Å²) in [6, 6.07) is 4.55. The van der Waals surface area contributed by atoms with E-state index >= 15 is 0 Å². The number of anilines is 1. The van der Waals surface area contributed by atoms with Gasteiger partial charge in [0.05, 0.1) is 17.4 Å². The highest BCUT2D eigenvalue weighted by Gasteiger charge is 2.32. The second-order valence-electron chi connectivity index (χ2n) is 6.61. The molecule has 122 valence electrons. The van der Waals surface area contributed by atoms with E-state index in [1.54, 1.807) is 7.05 Å². The van der Waals surface area contributed by atoms with E-state index in [1.165, 1.54) is 50.1 Å². The van der Waals surface area contributed by atoms with Crippen LogP contribution in [0, 0.1) is 5.92 Å². The number of hydrogen-bond acceptors (Lipinski definition) is 5. The fourth-order valence-corrected chi connectivity index (χ4v) is 4.54. The van der Waals surface area contributed by atoms with Crippen molar-refractivity contribution in [3.63, 3.8) is 0 Å². The number of carbonyl (C=O) groups excluding carboxylic acids is 1. The van der Waals surface area contributed by atoms with Gasteiger partial charge in [0.2, 0.25) is 0 Å². The van der Waals surface area contributed by atoms with Gasteiger partial charge in [0.25, 0.3) is 5.91 Å². The van der Waals surface area contributed by atoms with Gasteiger partial charge >= 0.3 is 0 Å². The lowest BCUT2D eigenvalue weighted by atomic mass is 10.1. The minimum atomic E-state index is -0.136. The zero-order valence-electron chi connectivity index (χ0n) is 13.3. The van der Waals surface area contributed by atoms with Crippen LogP contribution in [-0.2, 0) is 0 Å². The summed E-state index contributed by atoms with van der Waals surface area (Å²) >= 11 is 1.39. The molecule has 1 aliphatic heterocycles. The van der Waals surface area contributed by atoms with E-state index in [0.717, 1.165) is 21.8 Å². The van der Waals surface area contributed by atoms with Crippen molar-refractivity contribution in [1.82, 2.24) is 15.2 Å².